The number of nitrogens with two attached hydrogens (primary N) is 1. The molecule has 0 aromatic rings. The van der Waals surface area contributed by atoms with Gasteiger partial charge in [0.25, 0.3) is 10.2 Å². The molecule has 0 fully saturated rings. The van der Waals surface area contributed by atoms with E-state index in [2.05, 4.69) is 14.6 Å². The lowest BCUT2D eigenvalue weighted by Gasteiger charge is -2.30. The second kappa shape index (κ2) is 6.77. The van der Waals surface area contributed by atoms with Crippen molar-refractivity contribution in [1.29, 1.82) is 0 Å². The van der Waals surface area contributed by atoms with E-state index in [1.54, 1.807) is 13.8 Å². The Morgan fingerprint density at radius 2 is 1.88 bits per heavy atom. The lowest BCUT2D eigenvalue weighted by molar-refractivity contribution is 0.307. The van der Waals surface area contributed by atoms with Gasteiger partial charge >= 0.3 is 0 Å². The van der Waals surface area contributed by atoms with E-state index in [0.29, 0.717) is 25.8 Å². The lowest BCUT2D eigenvalue weighted by atomic mass is 9.93. The highest BCUT2D eigenvalue weighted by atomic mass is 32.2. The molecule has 0 unspecified atom stereocenters. The summed E-state index contributed by atoms with van der Waals surface area (Å²) in [6, 6.07) is 0. The van der Waals surface area contributed by atoms with Crippen LogP contribution in [0.15, 0.2) is 5.16 Å². The summed E-state index contributed by atoms with van der Waals surface area (Å²) in [5.74, 6) is -0.135. The fraction of sp³-hybridized carbons (Fsp3) is 0.889. The Morgan fingerprint density at radius 1 is 1.35 bits per heavy atom. The number of hydrogen-bond acceptors (Lipinski definition) is 4. The Balaban J connectivity index is 5.01. The summed E-state index contributed by atoms with van der Waals surface area (Å²) in [6.07, 6.45) is 1.48. The van der Waals surface area contributed by atoms with Gasteiger partial charge in [0.05, 0.1) is 5.54 Å². The first-order valence-electron chi connectivity index (χ1n) is 5.64. The normalized spacial score (nSPS) is 13.9. The van der Waals surface area contributed by atoms with Crippen LogP contribution in [-0.4, -0.2) is 31.5 Å². The van der Waals surface area contributed by atoms with E-state index in [1.807, 2.05) is 6.92 Å². The molecule has 0 saturated carbocycles. The number of nitrogens with one attached hydrogen (secondary N) is 2. The van der Waals surface area contributed by atoms with Crippen LogP contribution in [0.5, 0.6) is 0 Å². The largest absolute Gasteiger partial charge is 0.409 e. The summed E-state index contributed by atoms with van der Waals surface area (Å²) < 4.78 is 28.3. The van der Waals surface area contributed by atoms with E-state index in [1.165, 1.54) is 0 Å². The van der Waals surface area contributed by atoms with Crippen LogP contribution in [0.3, 0.4) is 0 Å². The molecule has 0 atom stereocenters. The number of hydrogen-bond donors (Lipinski definition) is 4. The van der Waals surface area contributed by atoms with Crippen molar-refractivity contribution in [3.8, 4) is 0 Å². The Morgan fingerprint density at radius 3 is 2.24 bits per heavy atom. The molecule has 5 N–H and O–H groups in total. The van der Waals surface area contributed by atoms with Gasteiger partial charge in [-0.05, 0) is 19.3 Å². The molecule has 0 spiro atoms. The van der Waals surface area contributed by atoms with Crippen molar-refractivity contribution in [2.24, 2.45) is 10.9 Å². The summed E-state index contributed by atoms with van der Waals surface area (Å²) in [4.78, 5) is 0. The fourth-order valence-corrected chi connectivity index (χ4v) is 2.89. The Kier molecular flexibility index (Phi) is 6.43. The SMILES string of the molecule is CCCNS(=O)(=O)NC(CC)(CC)C(N)=NO. The van der Waals surface area contributed by atoms with Crippen molar-refractivity contribution in [3.63, 3.8) is 0 Å². The quantitative estimate of drug-likeness (QED) is 0.216. The topological polar surface area (TPSA) is 117 Å². The molecule has 0 aliphatic heterocycles. The van der Waals surface area contributed by atoms with Gasteiger partial charge in [-0.1, -0.05) is 25.9 Å². The predicted molar refractivity (Wildman–Crippen MR) is 67.1 cm³/mol. The van der Waals surface area contributed by atoms with Crippen molar-refractivity contribution in [2.75, 3.05) is 6.54 Å². The van der Waals surface area contributed by atoms with Crippen LogP contribution in [0.4, 0.5) is 0 Å². The molecule has 0 aliphatic rings. The third-order valence-electron chi connectivity index (χ3n) is 2.68. The van der Waals surface area contributed by atoms with Crippen LogP contribution < -0.4 is 15.2 Å². The predicted octanol–water partition coefficient (Wildman–Crippen LogP) is 0.126. The third-order valence-corrected chi connectivity index (χ3v) is 3.92. The van der Waals surface area contributed by atoms with Crippen LogP contribution in [-0.2, 0) is 10.2 Å². The highest BCUT2D eigenvalue weighted by Crippen LogP contribution is 2.16. The van der Waals surface area contributed by atoms with Crippen molar-refractivity contribution in [1.82, 2.24) is 9.44 Å². The Hall–Kier alpha value is -0.860. The molecule has 0 radical (unpaired) electrons. The summed E-state index contributed by atoms with van der Waals surface area (Å²) in [5.41, 5.74) is 4.51. The average molecular weight is 266 g/mol. The first-order chi connectivity index (χ1) is 7.87. The molecule has 0 amide bonds. The second-order valence-corrected chi connectivity index (χ2v) is 5.27. The molecule has 8 heteroatoms. The summed E-state index contributed by atoms with van der Waals surface area (Å²) in [5, 5.41) is 11.6. The second-order valence-electron chi connectivity index (χ2n) is 3.77. The van der Waals surface area contributed by atoms with Crippen LogP contribution in [0.1, 0.15) is 40.0 Å². The number of amidine groups is 1. The minimum Gasteiger partial charge on any atom is -0.409 e. The van der Waals surface area contributed by atoms with Gasteiger partial charge in [0.2, 0.25) is 0 Å². The van der Waals surface area contributed by atoms with Crippen LogP contribution in [0, 0.1) is 0 Å². The molecular formula is C9H22N4O3S. The smallest absolute Gasteiger partial charge is 0.277 e. The van der Waals surface area contributed by atoms with Crippen LogP contribution in [0.25, 0.3) is 0 Å². The average Bonchev–Trinajstić information content (AvgIpc) is 2.32. The van der Waals surface area contributed by atoms with Gasteiger partial charge in [-0.2, -0.15) is 13.1 Å². The van der Waals surface area contributed by atoms with Crippen molar-refractivity contribution >= 4 is 16.0 Å². The van der Waals surface area contributed by atoms with E-state index in [9.17, 15) is 8.42 Å². The molecule has 0 rings (SSSR count). The molecule has 0 aromatic heterocycles. The molecule has 7 nitrogen and oxygen atoms in total. The zero-order valence-corrected chi connectivity index (χ0v) is 11.3. The third kappa shape index (κ3) is 4.49. The summed E-state index contributed by atoms with van der Waals surface area (Å²) in [7, 11) is -3.65. The zero-order chi connectivity index (χ0) is 13.5. The monoisotopic (exact) mass is 266 g/mol. The van der Waals surface area contributed by atoms with Gasteiger partial charge in [0.15, 0.2) is 5.84 Å². The molecule has 0 aromatic carbocycles. The van der Waals surface area contributed by atoms with E-state index in [-0.39, 0.29) is 5.84 Å². The number of rotatable bonds is 8. The standard InChI is InChI=1S/C9H22N4O3S/c1-4-7-11-17(15,16)13-9(5-2,6-3)8(10)12-14/h11,13-14H,4-7H2,1-3H3,(H2,10,12). The maximum Gasteiger partial charge on any atom is 0.277 e. The maximum absolute atomic E-state index is 11.7. The molecule has 0 saturated heterocycles. The first kappa shape index (κ1) is 16.1. The van der Waals surface area contributed by atoms with Gasteiger partial charge in [0, 0.05) is 6.54 Å². The number of oxime groups is 1. The van der Waals surface area contributed by atoms with Gasteiger partial charge in [-0.3, -0.25) is 0 Å². The van der Waals surface area contributed by atoms with Crippen molar-refractivity contribution in [3.05, 3.63) is 0 Å². The van der Waals surface area contributed by atoms with Gasteiger partial charge < -0.3 is 10.9 Å². The van der Waals surface area contributed by atoms with Crippen molar-refractivity contribution in [2.45, 2.75) is 45.6 Å². The van der Waals surface area contributed by atoms with Gasteiger partial charge in [-0.25, -0.2) is 4.72 Å². The summed E-state index contributed by atoms with van der Waals surface area (Å²) in [6.45, 7) is 5.74. The molecular weight excluding hydrogens is 244 g/mol. The Labute approximate surface area is 103 Å². The minimum atomic E-state index is -3.65. The Bertz CT molecular complexity index is 349. The van der Waals surface area contributed by atoms with Crippen molar-refractivity contribution < 1.29 is 13.6 Å². The van der Waals surface area contributed by atoms with E-state index in [0.717, 1.165) is 0 Å². The molecule has 17 heavy (non-hydrogen) atoms. The van der Waals surface area contributed by atoms with E-state index >= 15 is 0 Å². The van der Waals surface area contributed by atoms with Gasteiger partial charge in [0.1, 0.15) is 0 Å². The maximum atomic E-state index is 11.7. The zero-order valence-electron chi connectivity index (χ0n) is 10.5. The van der Waals surface area contributed by atoms with Crippen LogP contribution >= 0.6 is 0 Å². The van der Waals surface area contributed by atoms with E-state index in [4.69, 9.17) is 10.9 Å². The molecule has 0 heterocycles. The summed E-state index contributed by atoms with van der Waals surface area (Å²) >= 11 is 0. The first-order valence-corrected chi connectivity index (χ1v) is 7.12. The van der Waals surface area contributed by atoms with E-state index < -0.39 is 15.7 Å². The van der Waals surface area contributed by atoms with Crippen LogP contribution in [0.2, 0.25) is 0 Å². The highest BCUT2D eigenvalue weighted by molar-refractivity contribution is 7.87. The molecule has 0 bridgehead atoms. The molecule has 0 aliphatic carbocycles. The lowest BCUT2D eigenvalue weighted by Crippen LogP contribution is -2.59. The fourth-order valence-electron chi connectivity index (χ4n) is 1.43. The minimum absolute atomic E-state index is 0.135. The van der Waals surface area contributed by atoms with Gasteiger partial charge in [-0.15, -0.1) is 0 Å². The molecule has 102 valence electrons. The highest BCUT2D eigenvalue weighted by Gasteiger charge is 2.35. The number of nitrogens with zero attached hydrogens (tertiary/aromatic N) is 1.